The van der Waals surface area contributed by atoms with E-state index in [1.54, 1.807) is 0 Å². The van der Waals surface area contributed by atoms with Gasteiger partial charge in [0.15, 0.2) is 0 Å². The van der Waals surface area contributed by atoms with Crippen LogP contribution in [0.25, 0.3) is 55.1 Å². The van der Waals surface area contributed by atoms with Crippen molar-refractivity contribution in [3.8, 4) is 22.3 Å². The lowest BCUT2D eigenvalue weighted by Gasteiger charge is -2.31. The van der Waals surface area contributed by atoms with Gasteiger partial charge in [0.2, 0.25) is 11.8 Å². The average Bonchev–Trinajstić information content (AvgIpc) is 4.02. The predicted molar refractivity (Wildman–Crippen MR) is 237 cm³/mol. The van der Waals surface area contributed by atoms with E-state index >= 15 is 0 Å². The van der Waals surface area contributed by atoms with E-state index in [0.717, 1.165) is 98.8 Å². The van der Waals surface area contributed by atoms with Crippen LogP contribution in [-0.4, -0.2) is 87.2 Å². The number of aromatic nitrogens is 4. The van der Waals surface area contributed by atoms with Crippen molar-refractivity contribution in [1.82, 2.24) is 40.8 Å². The fourth-order valence-corrected chi connectivity index (χ4v) is 9.27. The number of methoxy groups -OCH3 is 2. The molecule has 0 bridgehead atoms. The lowest BCUT2D eigenvalue weighted by atomic mass is 9.97. The van der Waals surface area contributed by atoms with Gasteiger partial charge in [0.25, 0.3) is 0 Å². The summed E-state index contributed by atoms with van der Waals surface area (Å²) in [6.07, 6.45) is 3.20. The van der Waals surface area contributed by atoms with Crippen LogP contribution in [0.4, 0.5) is 9.59 Å². The molecule has 2 saturated carbocycles. The number of H-pyrrole nitrogens is 2. The lowest BCUT2D eigenvalue weighted by Crippen LogP contribution is -2.52. The molecule has 2 aromatic heterocycles. The second-order valence-corrected chi connectivity index (χ2v) is 18.0. The molecular formula is C48H54N8O6. The third-order valence-electron chi connectivity index (χ3n) is 13.0. The number of imidazole rings is 2. The normalized spacial score (nSPS) is 21.2. The molecule has 3 aliphatic rings. The number of hydrogen-bond acceptors (Lipinski definition) is 8. The monoisotopic (exact) mass is 838 g/mol. The van der Waals surface area contributed by atoms with Crippen LogP contribution in [0.1, 0.15) is 71.1 Å². The van der Waals surface area contributed by atoms with Gasteiger partial charge in [-0.1, -0.05) is 64.1 Å². The zero-order valence-corrected chi connectivity index (χ0v) is 36.0. The number of fused-ring (bicyclic) bond motifs is 4. The topological polar surface area (TPSA) is 183 Å². The van der Waals surface area contributed by atoms with Gasteiger partial charge in [-0.3, -0.25) is 9.59 Å². The van der Waals surface area contributed by atoms with Crippen LogP contribution in [0.2, 0.25) is 0 Å². The second-order valence-electron chi connectivity index (χ2n) is 18.0. The van der Waals surface area contributed by atoms with Crippen LogP contribution in [0.3, 0.4) is 0 Å². The number of ether oxygens (including phenoxy) is 2. The summed E-state index contributed by atoms with van der Waals surface area (Å²) in [5.41, 5.74) is 8.05. The lowest BCUT2D eigenvalue weighted by molar-refractivity contribution is -0.136. The molecule has 62 heavy (non-hydrogen) atoms. The molecule has 5 N–H and O–H groups in total. The highest BCUT2D eigenvalue weighted by Crippen LogP contribution is 2.53. The van der Waals surface area contributed by atoms with Gasteiger partial charge in [0.05, 0.1) is 42.3 Å². The first kappa shape index (κ1) is 40.9. The number of aryl methyl sites for hydroxylation is 1. The Labute approximate surface area is 359 Å². The Morgan fingerprint density at radius 2 is 1.27 bits per heavy atom. The number of benzene rings is 4. The molecule has 1 aliphatic heterocycles. The smallest absolute Gasteiger partial charge is 0.407 e. The SMILES string of the molecule is COC(=O)N[C@H](C(=O)N[C@@H]1C[C@@H]1CCc1nc2ccc(-c3ccc4cc(-c5ccc6nc([C@@H]7C[C@H]8C[C@H]8N7C(=O)[C@@H](NC(=O)OC)C(C)C)[nH]c6c5)ccc4c3)cc2[nH]1)C(C)C. The minimum atomic E-state index is -0.677. The van der Waals surface area contributed by atoms with E-state index in [1.807, 2.05) is 38.7 Å². The number of aromatic amines is 2. The minimum Gasteiger partial charge on any atom is -0.453 e. The zero-order chi connectivity index (χ0) is 43.4. The van der Waals surface area contributed by atoms with Gasteiger partial charge in [-0.15, -0.1) is 0 Å². The summed E-state index contributed by atoms with van der Waals surface area (Å²) in [7, 11) is 2.60. The van der Waals surface area contributed by atoms with Crippen molar-refractivity contribution in [3.05, 3.63) is 84.4 Å². The number of alkyl carbamates (subject to hydrolysis) is 2. The summed E-state index contributed by atoms with van der Waals surface area (Å²) in [5, 5.41) is 10.8. The van der Waals surface area contributed by atoms with Crippen molar-refractivity contribution in [3.63, 3.8) is 0 Å². The maximum Gasteiger partial charge on any atom is 0.407 e. The maximum absolute atomic E-state index is 13.9. The van der Waals surface area contributed by atoms with Crippen LogP contribution < -0.4 is 16.0 Å². The highest BCUT2D eigenvalue weighted by Gasteiger charge is 2.56. The molecule has 14 heteroatoms. The predicted octanol–water partition coefficient (Wildman–Crippen LogP) is 7.79. The van der Waals surface area contributed by atoms with Gasteiger partial charge in [-0.05, 0) is 119 Å². The fraction of sp³-hybridized carbons (Fsp3) is 0.417. The number of amides is 4. The van der Waals surface area contributed by atoms with Gasteiger partial charge in [-0.2, -0.15) is 0 Å². The van der Waals surface area contributed by atoms with Crippen LogP contribution in [0, 0.1) is 23.7 Å². The Hall–Kier alpha value is -6.44. The van der Waals surface area contributed by atoms with Gasteiger partial charge in [-0.25, -0.2) is 19.6 Å². The molecule has 9 rings (SSSR count). The molecule has 4 aromatic carbocycles. The molecule has 14 nitrogen and oxygen atoms in total. The molecule has 3 heterocycles. The first-order valence-electron chi connectivity index (χ1n) is 21.7. The molecule has 0 spiro atoms. The first-order valence-corrected chi connectivity index (χ1v) is 21.7. The fourth-order valence-electron chi connectivity index (χ4n) is 9.27. The summed E-state index contributed by atoms with van der Waals surface area (Å²) >= 11 is 0. The Balaban J connectivity index is 0.853. The minimum absolute atomic E-state index is 0.0636. The van der Waals surface area contributed by atoms with E-state index in [0.29, 0.717) is 11.8 Å². The van der Waals surface area contributed by atoms with Crippen molar-refractivity contribution in [2.24, 2.45) is 23.7 Å². The summed E-state index contributed by atoms with van der Waals surface area (Å²) < 4.78 is 9.51. The number of carbonyl (C=O) groups excluding carboxylic acids is 4. The van der Waals surface area contributed by atoms with Gasteiger partial charge >= 0.3 is 12.2 Å². The van der Waals surface area contributed by atoms with Crippen LogP contribution in [0.15, 0.2) is 72.8 Å². The summed E-state index contributed by atoms with van der Waals surface area (Å²) in [5.74, 6) is 2.08. The molecule has 0 radical (unpaired) electrons. The van der Waals surface area contributed by atoms with E-state index in [-0.39, 0.29) is 41.8 Å². The van der Waals surface area contributed by atoms with Crippen LogP contribution in [-0.2, 0) is 25.5 Å². The van der Waals surface area contributed by atoms with Crippen molar-refractivity contribution < 1.29 is 28.7 Å². The number of likely N-dealkylation sites (tertiary alicyclic amines) is 1. The van der Waals surface area contributed by atoms with Crippen molar-refractivity contribution in [1.29, 1.82) is 0 Å². The van der Waals surface area contributed by atoms with Crippen LogP contribution >= 0.6 is 0 Å². The summed E-state index contributed by atoms with van der Waals surface area (Å²) in [6.45, 7) is 7.65. The standard InChI is InChI=1S/C48H54N8O6/c1-24(2)42(54-47(59)61-5)45(57)53-36-21-32(36)13-16-41-49-34-14-11-30(19-37(34)50-41)28-9-7-27-18-29(10-8-26(27)17-28)31-12-15-35-38(20-31)52-44(51-35)40-23-33-22-39(33)56(40)46(58)43(25(3)4)55-48(60)62-6/h7-12,14-15,17-20,24-25,32-33,36,39-40,42-43H,13,16,21-23H2,1-6H3,(H,49,50)(H,51,52)(H,53,57)(H,54,59)(H,55,60)/t32-,33+,36+,39+,40-,42-,43-/m0/s1. The Morgan fingerprint density at radius 3 is 1.89 bits per heavy atom. The van der Waals surface area contributed by atoms with E-state index in [1.165, 1.54) is 14.2 Å². The van der Waals surface area contributed by atoms with E-state index in [4.69, 9.17) is 14.7 Å². The van der Waals surface area contributed by atoms with Gasteiger partial charge < -0.3 is 40.3 Å². The number of hydrogen-bond donors (Lipinski definition) is 5. The maximum atomic E-state index is 13.9. The number of carbonyl (C=O) groups is 4. The largest absolute Gasteiger partial charge is 0.453 e. The molecule has 0 unspecified atom stereocenters. The molecule has 6 aromatic rings. The third kappa shape index (κ3) is 8.17. The molecule has 7 atom stereocenters. The average molecular weight is 839 g/mol. The molecule has 1 saturated heterocycles. The number of rotatable bonds is 13. The Morgan fingerprint density at radius 1 is 0.710 bits per heavy atom. The number of nitrogens with one attached hydrogen (secondary N) is 5. The molecular weight excluding hydrogens is 785 g/mol. The van der Waals surface area contributed by atoms with Gasteiger partial charge in [0, 0.05) is 18.5 Å². The second kappa shape index (κ2) is 16.4. The quantitative estimate of drug-likeness (QED) is 0.0781. The zero-order valence-electron chi connectivity index (χ0n) is 36.0. The summed E-state index contributed by atoms with van der Waals surface area (Å²) in [6, 6.07) is 24.4. The molecule has 4 amide bonds. The molecule has 322 valence electrons. The Kier molecular flexibility index (Phi) is 10.9. The number of piperidine rings is 1. The summed E-state index contributed by atoms with van der Waals surface area (Å²) in [4.78, 5) is 69.4. The van der Waals surface area contributed by atoms with E-state index in [9.17, 15) is 19.2 Å². The van der Waals surface area contributed by atoms with Crippen molar-refractivity contribution in [2.75, 3.05) is 14.2 Å². The van der Waals surface area contributed by atoms with E-state index < -0.39 is 24.3 Å². The van der Waals surface area contributed by atoms with Crippen molar-refractivity contribution in [2.45, 2.75) is 90.0 Å². The number of nitrogens with zero attached hydrogens (tertiary/aromatic N) is 3. The van der Waals surface area contributed by atoms with Gasteiger partial charge in [0.1, 0.15) is 23.7 Å². The Bertz CT molecular complexity index is 2700. The third-order valence-corrected chi connectivity index (χ3v) is 13.0. The highest BCUT2D eigenvalue weighted by molar-refractivity contribution is 5.93. The molecule has 2 aliphatic carbocycles. The van der Waals surface area contributed by atoms with Crippen molar-refractivity contribution >= 4 is 56.8 Å². The van der Waals surface area contributed by atoms with Crippen LogP contribution in [0.5, 0.6) is 0 Å². The first-order chi connectivity index (χ1) is 29.9. The highest BCUT2D eigenvalue weighted by atomic mass is 16.5. The van der Waals surface area contributed by atoms with E-state index in [2.05, 4.69) is 97.4 Å². The molecule has 3 fully saturated rings.